The van der Waals surface area contributed by atoms with E-state index in [9.17, 15) is 4.79 Å². The van der Waals surface area contributed by atoms with E-state index in [4.69, 9.17) is 4.74 Å². The zero-order valence-electron chi connectivity index (χ0n) is 10.5. The van der Waals surface area contributed by atoms with Gasteiger partial charge in [0.15, 0.2) is 5.52 Å². The van der Waals surface area contributed by atoms with Gasteiger partial charge >= 0.3 is 0 Å². The molecule has 1 aromatic carbocycles. The molecule has 0 unspecified atom stereocenters. The van der Waals surface area contributed by atoms with Gasteiger partial charge in [-0.25, -0.2) is 0 Å². The third kappa shape index (κ3) is 2.35. The lowest BCUT2D eigenvalue weighted by Crippen LogP contribution is -2.11. The number of ether oxygens (including phenoxy) is 1. The molecule has 0 aliphatic rings. The number of hydrogen-bond acceptors (Lipinski definition) is 3. The lowest BCUT2D eigenvalue weighted by molar-refractivity contribution is 0.301. The quantitative estimate of drug-likeness (QED) is 0.776. The molecular weight excluding hydrogens is 242 g/mol. The Bertz CT molecular complexity index is 759. The second-order valence-corrected chi connectivity index (χ2v) is 4.33. The van der Waals surface area contributed by atoms with Crippen molar-refractivity contribution in [3.63, 3.8) is 0 Å². The molecule has 3 aromatic rings. The molecule has 0 saturated carbocycles. The first kappa shape index (κ1) is 11.5. The number of hydrogen-bond donors (Lipinski definition) is 1. The van der Waals surface area contributed by atoms with Crippen molar-refractivity contribution in [1.29, 1.82) is 0 Å². The second kappa shape index (κ2) is 4.61. The lowest BCUT2D eigenvalue weighted by atomic mass is 10.3. The Morgan fingerprint density at radius 2 is 2.11 bits per heavy atom. The van der Waals surface area contributed by atoms with Crippen LogP contribution in [0, 0.1) is 0 Å². The van der Waals surface area contributed by atoms with Crippen LogP contribution in [0.3, 0.4) is 0 Å². The van der Waals surface area contributed by atoms with Crippen molar-refractivity contribution >= 4 is 10.9 Å². The average molecular weight is 255 g/mol. The van der Waals surface area contributed by atoms with Crippen molar-refractivity contribution in [2.45, 2.75) is 6.61 Å². The maximum Gasteiger partial charge on any atom is 0.276 e. The summed E-state index contributed by atoms with van der Waals surface area (Å²) >= 11 is 0. The van der Waals surface area contributed by atoms with Gasteiger partial charge in [-0.1, -0.05) is 18.2 Å². The van der Waals surface area contributed by atoms with E-state index in [2.05, 4.69) is 10.1 Å². The molecule has 0 spiro atoms. The summed E-state index contributed by atoms with van der Waals surface area (Å²) < 4.78 is 7.23. The Morgan fingerprint density at radius 3 is 2.89 bits per heavy atom. The zero-order valence-corrected chi connectivity index (χ0v) is 10.5. The summed E-state index contributed by atoms with van der Waals surface area (Å²) in [5.74, 6) is 0.773. The van der Waals surface area contributed by atoms with Crippen molar-refractivity contribution < 1.29 is 4.74 Å². The van der Waals surface area contributed by atoms with E-state index in [0.717, 1.165) is 16.8 Å². The average Bonchev–Trinajstić information content (AvgIpc) is 2.79. The Balaban J connectivity index is 1.87. The van der Waals surface area contributed by atoms with Crippen LogP contribution in [0.4, 0.5) is 0 Å². The van der Waals surface area contributed by atoms with E-state index in [-0.39, 0.29) is 5.56 Å². The highest BCUT2D eigenvalue weighted by Gasteiger charge is 2.06. The van der Waals surface area contributed by atoms with Gasteiger partial charge in [-0.2, -0.15) is 5.10 Å². The number of fused-ring (bicyclic) bond motifs is 1. The fourth-order valence-electron chi connectivity index (χ4n) is 1.97. The van der Waals surface area contributed by atoms with Gasteiger partial charge in [0.05, 0.1) is 5.69 Å². The minimum absolute atomic E-state index is 0.190. The van der Waals surface area contributed by atoms with Gasteiger partial charge in [0.2, 0.25) is 0 Å². The van der Waals surface area contributed by atoms with Gasteiger partial charge in [-0.3, -0.25) is 9.48 Å². The summed E-state index contributed by atoms with van der Waals surface area (Å²) in [5, 5.41) is 4.92. The maximum absolute atomic E-state index is 11.8. The highest BCUT2D eigenvalue weighted by Crippen LogP contribution is 2.12. The van der Waals surface area contributed by atoms with E-state index in [1.807, 2.05) is 42.6 Å². The zero-order chi connectivity index (χ0) is 13.2. The van der Waals surface area contributed by atoms with E-state index >= 15 is 0 Å². The largest absolute Gasteiger partial charge is 0.487 e. The number of para-hydroxylation sites is 1. The minimum Gasteiger partial charge on any atom is -0.487 e. The molecule has 0 atom stereocenters. The molecule has 0 bridgehead atoms. The molecular formula is C14H13N3O2. The van der Waals surface area contributed by atoms with E-state index < -0.39 is 0 Å². The summed E-state index contributed by atoms with van der Waals surface area (Å²) in [4.78, 5) is 14.6. The van der Waals surface area contributed by atoms with E-state index in [1.54, 1.807) is 11.7 Å². The third-order valence-corrected chi connectivity index (χ3v) is 2.81. The number of aryl methyl sites for hydroxylation is 1. The SMILES string of the molecule is Cn1cc2cc(COc3ccccc3)[nH]c(=O)c2n1. The highest BCUT2D eigenvalue weighted by molar-refractivity contribution is 5.77. The molecule has 2 aromatic heterocycles. The molecule has 2 heterocycles. The number of aromatic nitrogens is 3. The number of pyridine rings is 1. The van der Waals surface area contributed by atoms with Crippen molar-refractivity contribution in [2.24, 2.45) is 7.05 Å². The number of benzene rings is 1. The summed E-state index contributed by atoms with van der Waals surface area (Å²) in [6, 6.07) is 11.4. The van der Waals surface area contributed by atoms with Crippen LogP contribution in [0.5, 0.6) is 5.75 Å². The van der Waals surface area contributed by atoms with Crippen molar-refractivity contribution in [1.82, 2.24) is 14.8 Å². The molecule has 0 aliphatic heterocycles. The number of rotatable bonds is 3. The fourth-order valence-corrected chi connectivity index (χ4v) is 1.97. The smallest absolute Gasteiger partial charge is 0.276 e. The van der Waals surface area contributed by atoms with Gasteiger partial charge in [0.1, 0.15) is 12.4 Å². The Hall–Kier alpha value is -2.56. The van der Waals surface area contributed by atoms with Crippen LogP contribution in [0.15, 0.2) is 47.4 Å². The normalized spacial score (nSPS) is 10.8. The van der Waals surface area contributed by atoms with Crippen molar-refractivity contribution in [3.05, 3.63) is 58.6 Å². The van der Waals surface area contributed by atoms with Gasteiger partial charge < -0.3 is 9.72 Å². The van der Waals surface area contributed by atoms with Gasteiger partial charge in [0, 0.05) is 18.6 Å². The summed E-state index contributed by atoms with van der Waals surface area (Å²) in [6.07, 6.45) is 1.82. The predicted molar refractivity (Wildman–Crippen MR) is 72.1 cm³/mol. The second-order valence-electron chi connectivity index (χ2n) is 4.33. The third-order valence-electron chi connectivity index (χ3n) is 2.81. The van der Waals surface area contributed by atoms with Crippen LogP contribution < -0.4 is 10.3 Å². The molecule has 0 amide bonds. The van der Waals surface area contributed by atoms with Gasteiger partial charge in [-0.05, 0) is 18.2 Å². The van der Waals surface area contributed by atoms with Crippen LogP contribution >= 0.6 is 0 Å². The molecule has 1 N–H and O–H groups in total. The molecule has 0 saturated heterocycles. The summed E-state index contributed by atoms with van der Waals surface area (Å²) in [5.41, 5.74) is 0.991. The molecule has 5 heteroatoms. The van der Waals surface area contributed by atoms with Crippen LogP contribution in [0.1, 0.15) is 5.69 Å². The fraction of sp³-hybridized carbons (Fsp3) is 0.143. The van der Waals surface area contributed by atoms with Crippen LogP contribution in [-0.2, 0) is 13.7 Å². The number of nitrogens with one attached hydrogen (secondary N) is 1. The van der Waals surface area contributed by atoms with Crippen LogP contribution in [0.2, 0.25) is 0 Å². The monoisotopic (exact) mass is 255 g/mol. The first-order chi connectivity index (χ1) is 9.22. The van der Waals surface area contributed by atoms with E-state index in [1.165, 1.54) is 0 Å². The van der Waals surface area contributed by atoms with Crippen LogP contribution in [-0.4, -0.2) is 14.8 Å². The van der Waals surface area contributed by atoms with Gasteiger partial charge in [-0.15, -0.1) is 0 Å². The molecule has 0 fully saturated rings. The molecule has 19 heavy (non-hydrogen) atoms. The Kier molecular flexibility index (Phi) is 2.79. The van der Waals surface area contributed by atoms with Crippen molar-refractivity contribution in [2.75, 3.05) is 0 Å². The summed E-state index contributed by atoms with van der Waals surface area (Å²) in [7, 11) is 1.79. The predicted octanol–water partition coefficient (Wildman–Crippen LogP) is 1.84. The van der Waals surface area contributed by atoms with Gasteiger partial charge in [0.25, 0.3) is 5.56 Å². The number of nitrogens with zero attached hydrogens (tertiary/aromatic N) is 2. The highest BCUT2D eigenvalue weighted by atomic mass is 16.5. The topological polar surface area (TPSA) is 59.9 Å². The van der Waals surface area contributed by atoms with Crippen LogP contribution in [0.25, 0.3) is 10.9 Å². The molecule has 3 rings (SSSR count). The molecule has 96 valence electrons. The molecule has 0 aliphatic carbocycles. The maximum atomic E-state index is 11.8. The number of H-pyrrole nitrogens is 1. The summed E-state index contributed by atoms with van der Waals surface area (Å²) in [6.45, 7) is 0.323. The first-order valence-corrected chi connectivity index (χ1v) is 5.96. The van der Waals surface area contributed by atoms with E-state index in [0.29, 0.717) is 12.1 Å². The molecule has 0 radical (unpaired) electrons. The standard InChI is InChI=1S/C14H13N3O2/c1-17-8-10-7-11(15-14(18)13(10)16-17)9-19-12-5-3-2-4-6-12/h2-8H,9H2,1H3,(H,15,18). The molecule has 5 nitrogen and oxygen atoms in total. The number of aromatic amines is 1. The minimum atomic E-state index is -0.190. The Labute approximate surface area is 109 Å². The Morgan fingerprint density at radius 1 is 1.32 bits per heavy atom. The van der Waals surface area contributed by atoms with Crippen molar-refractivity contribution in [3.8, 4) is 5.75 Å². The lowest BCUT2D eigenvalue weighted by Gasteiger charge is -2.05. The first-order valence-electron chi connectivity index (χ1n) is 5.96.